The van der Waals surface area contributed by atoms with E-state index in [1.54, 1.807) is 0 Å². The van der Waals surface area contributed by atoms with Crippen molar-refractivity contribution in [3.05, 3.63) is 89.5 Å². The standard InChI is InChI=1S/C25H25N3O.ClH/c1-2-9-20(10-3-1)18-29-22-12-6-11-21(16-22)25-27-23(15-19-7-4-5-8-19)24-17-26-13-14-28(24)25;/h1-3,6,9-14,16-17,19H,4-5,7-8,15,18H2;1H. The molecule has 1 aliphatic carbocycles. The van der Waals surface area contributed by atoms with Gasteiger partial charge in [-0.3, -0.25) is 4.99 Å². The molecule has 5 heteroatoms. The number of allylic oxidation sites excluding steroid dienone is 2. The molecule has 0 bridgehead atoms. The summed E-state index contributed by atoms with van der Waals surface area (Å²) in [6, 6.07) is 18.5. The first-order valence-electron chi connectivity index (χ1n) is 10.5. The van der Waals surface area contributed by atoms with E-state index in [0.29, 0.717) is 6.61 Å². The number of hydrogen-bond donors (Lipinski definition) is 1. The quantitative estimate of drug-likeness (QED) is 0.752. The van der Waals surface area contributed by atoms with Crippen molar-refractivity contribution in [3.8, 4) is 5.75 Å². The number of halogens is 1. The van der Waals surface area contributed by atoms with Crippen LogP contribution in [0.3, 0.4) is 0 Å². The van der Waals surface area contributed by atoms with Crippen LogP contribution < -0.4 is 22.0 Å². The highest BCUT2D eigenvalue weighted by atomic mass is 35.5. The SMILES string of the molecule is C1=C[NH+]2C(c3cccc(OCc4ccccc4)c3)=NC(CC3CCCC3)=C2C=N1.[Cl-]. The first-order chi connectivity index (χ1) is 14.4. The molecule has 1 fully saturated rings. The number of quaternary nitrogens is 1. The van der Waals surface area contributed by atoms with Gasteiger partial charge in [-0.15, -0.1) is 0 Å². The third-order valence-electron chi connectivity index (χ3n) is 5.95. The molecule has 2 heterocycles. The minimum atomic E-state index is 0. The number of rotatable bonds is 6. The molecular weight excluding hydrogens is 394 g/mol. The highest BCUT2D eigenvalue weighted by Gasteiger charge is 2.34. The second-order valence-corrected chi connectivity index (χ2v) is 7.99. The Bertz CT molecular complexity index is 1000. The largest absolute Gasteiger partial charge is 1.00 e. The normalized spacial score (nSPS) is 20.1. The molecule has 2 aliphatic heterocycles. The molecule has 154 valence electrons. The van der Waals surface area contributed by atoms with Gasteiger partial charge >= 0.3 is 0 Å². The average molecular weight is 420 g/mol. The number of ether oxygens (including phenoxy) is 1. The number of fused-ring (bicyclic) bond motifs is 1. The third kappa shape index (κ3) is 4.40. The summed E-state index contributed by atoms with van der Waals surface area (Å²) in [5.74, 6) is 2.68. The van der Waals surface area contributed by atoms with Gasteiger partial charge in [0, 0.05) is 0 Å². The van der Waals surface area contributed by atoms with Gasteiger partial charge in [0.1, 0.15) is 24.3 Å². The van der Waals surface area contributed by atoms with Crippen LogP contribution in [0.25, 0.3) is 0 Å². The molecule has 5 rings (SSSR count). The number of amidine groups is 1. The van der Waals surface area contributed by atoms with Gasteiger partial charge in [0.05, 0.1) is 18.0 Å². The molecule has 0 saturated heterocycles. The van der Waals surface area contributed by atoms with Crippen LogP contribution in [0.5, 0.6) is 5.75 Å². The monoisotopic (exact) mass is 419 g/mol. The Hall–Kier alpha value is -2.69. The molecule has 1 unspecified atom stereocenters. The molecule has 0 aromatic heterocycles. The van der Waals surface area contributed by atoms with E-state index in [4.69, 9.17) is 9.73 Å². The number of nitrogens with zero attached hydrogens (tertiary/aromatic N) is 2. The van der Waals surface area contributed by atoms with Crippen LogP contribution in [0.4, 0.5) is 0 Å². The van der Waals surface area contributed by atoms with Crippen LogP contribution >= 0.6 is 0 Å². The Morgan fingerprint density at radius 2 is 1.83 bits per heavy atom. The van der Waals surface area contributed by atoms with Crippen molar-refractivity contribution >= 4 is 12.1 Å². The smallest absolute Gasteiger partial charge is 0.243 e. The zero-order chi connectivity index (χ0) is 19.5. The molecule has 1 atom stereocenters. The fourth-order valence-electron chi connectivity index (χ4n) is 4.42. The summed E-state index contributed by atoms with van der Waals surface area (Å²) in [5.41, 5.74) is 4.67. The first-order valence-corrected chi connectivity index (χ1v) is 10.5. The van der Waals surface area contributed by atoms with Crippen LogP contribution in [-0.2, 0) is 6.61 Å². The molecule has 2 aromatic carbocycles. The van der Waals surface area contributed by atoms with Gasteiger partial charge in [-0.2, -0.15) is 4.99 Å². The maximum absolute atomic E-state index is 6.04. The first kappa shape index (κ1) is 20.6. The Morgan fingerprint density at radius 1 is 1.00 bits per heavy atom. The molecule has 30 heavy (non-hydrogen) atoms. The molecule has 0 radical (unpaired) electrons. The van der Waals surface area contributed by atoms with Gasteiger partial charge in [0.2, 0.25) is 5.84 Å². The Balaban J connectivity index is 0.00000218. The summed E-state index contributed by atoms with van der Waals surface area (Å²) in [5, 5.41) is 0. The minimum Gasteiger partial charge on any atom is -1.00 e. The maximum Gasteiger partial charge on any atom is 0.243 e. The molecule has 0 amide bonds. The fraction of sp³-hybridized carbons (Fsp3) is 0.280. The molecule has 4 nitrogen and oxygen atoms in total. The van der Waals surface area contributed by atoms with Crippen molar-refractivity contribution in [3.63, 3.8) is 0 Å². The minimum absolute atomic E-state index is 0. The Morgan fingerprint density at radius 3 is 2.67 bits per heavy atom. The zero-order valence-corrected chi connectivity index (χ0v) is 17.7. The van der Waals surface area contributed by atoms with Crippen LogP contribution in [0.1, 0.15) is 43.2 Å². The fourth-order valence-corrected chi connectivity index (χ4v) is 4.42. The molecular formula is C25H26ClN3O. The summed E-state index contributed by atoms with van der Waals surface area (Å²) in [6.07, 6.45) is 12.4. The second-order valence-electron chi connectivity index (χ2n) is 7.99. The predicted octanol–water partition coefficient (Wildman–Crippen LogP) is 1.26. The van der Waals surface area contributed by atoms with E-state index in [2.05, 4.69) is 35.5 Å². The van der Waals surface area contributed by atoms with E-state index in [0.717, 1.165) is 29.5 Å². The predicted molar refractivity (Wildman–Crippen MR) is 116 cm³/mol. The van der Waals surface area contributed by atoms with Gasteiger partial charge in [-0.25, -0.2) is 4.90 Å². The Kier molecular flexibility index (Phi) is 6.46. The summed E-state index contributed by atoms with van der Waals surface area (Å²) < 4.78 is 6.04. The van der Waals surface area contributed by atoms with E-state index in [1.165, 1.54) is 47.5 Å². The van der Waals surface area contributed by atoms with Crippen LogP contribution in [0, 0.1) is 5.92 Å². The summed E-state index contributed by atoms with van der Waals surface area (Å²) in [6.45, 7) is 0.566. The zero-order valence-electron chi connectivity index (χ0n) is 16.9. The number of aliphatic imine (C=N–C) groups is 2. The van der Waals surface area contributed by atoms with E-state index >= 15 is 0 Å². The van der Waals surface area contributed by atoms with Gasteiger partial charge in [-0.1, -0.05) is 62.1 Å². The van der Waals surface area contributed by atoms with Crippen molar-refractivity contribution in [1.82, 2.24) is 0 Å². The van der Waals surface area contributed by atoms with E-state index in [1.807, 2.05) is 42.7 Å². The van der Waals surface area contributed by atoms with Crippen molar-refractivity contribution in [2.75, 3.05) is 0 Å². The summed E-state index contributed by atoms with van der Waals surface area (Å²) in [7, 11) is 0. The van der Waals surface area contributed by atoms with Crippen LogP contribution in [0.2, 0.25) is 0 Å². The average Bonchev–Trinajstić information content (AvgIpc) is 3.42. The number of nitrogens with one attached hydrogen (secondary N) is 1. The van der Waals surface area contributed by atoms with Crippen molar-refractivity contribution in [2.24, 2.45) is 15.9 Å². The molecule has 1 N–H and O–H groups in total. The van der Waals surface area contributed by atoms with Crippen molar-refractivity contribution in [1.29, 1.82) is 0 Å². The Labute approximate surface area is 184 Å². The molecule has 2 aromatic rings. The number of benzene rings is 2. The van der Waals surface area contributed by atoms with Crippen molar-refractivity contribution < 1.29 is 22.0 Å². The van der Waals surface area contributed by atoms with Gasteiger partial charge in [0.15, 0.2) is 5.70 Å². The van der Waals surface area contributed by atoms with Crippen LogP contribution in [-0.4, -0.2) is 12.1 Å². The lowest BCUT2D eigenvalue weighted by Crippen LogP contribution is -3.08. The topological polar surface area (TPSA) is 38.4 Å². The molecule has 3 aliphatic rings. The van der Waals surface area contributed by atoms with E-state index in [9.17, 15) is 0 Å². The summed E-state index contributed by atoms with van der Waals surface area (Å²) >= 11 is 0. The highest BCUT2D eigenvalue weighted by Crippen LogP contribution is 2.32. The summed E-state index contributed by atoms with van der Waals surface area (Å²) in [4.78, 5) is 10.6. The van der Waals surface area contributed by atoms with Gasteiger partial charge < -0.3 is 17.1 Å². The lowest BCUT2D eigenvalue weighted by Gasteiger charge is -2.14. The van der Waals surface area contributed by atoms with E-state index in [-0.39, 0.29) is 12.4 Å². The third-order valence-corrected chi connectivity index (χ3v) is 5.95. The maximum atomic E-state index is 6.04. The lowest BCUT2D eigenvalue weighted by molar-refractivity contribution is -0.689. The number of hydrogen-bond acceptors (Lipinski definition) is 3. The molecule has 1 saturated carbocycles. The highest BCUT2D eigenvalue weighted by molar-refractivity contribution is 5.98. The van der Waals surface area contributed by atoms with Crippen LogP contribution in [0.15, 0.2) is 88.4 Å². The second kappa shape index (κ2) is 9.41. The lowest BCUT2D eigenvalue weighted by atomic mass is 10.0. The van der Waals surface area contributed by atoms with Gasteiger partial charge in [-0.05, 0) is 36.1 Å². The molecule has 0 spiro atoms. The van der Waals surface area contributed by atoms with Crippen molar-refractivity contribution in [2.45, 2.75) is 38.7 Å². The van der Waals surface area contributed by atoms with Gasteiger partial charge in [0.25, 0.3) is 0 Å². The van der Waals surface area contributed by atoms with E-state index < -0.39 is 0 Å².